The molecule has 0 aromatic heterocycles. The third-order valence-corrected chi connectivity index (χ3v) is 7.45. The number of nitrogens with one attached hydrogen (secondary N) is 1. The van der Waals surface area contributed by atoms with Crippen molar-refractivity contribution < 1.29 is 18.0 Å². The van der Waals surface area contributed by atoms with Crippen LogP contribution in [-0.2, 0) is 16.4 Å². The van der Waals surface area contributed by atoms with E-state index < -0.39 is 10.0 Å². The summed E-state index contributed by atoms with van der Waals surface area (Å²) in [6.45, 7) is 7.59. The first-order chi connectivity index (χ1) is 15.2. The lowest BCUT2D eigenvalue weighted by molar-refractivity contribution is 0.0535. The smallest absolute Gasteiger partial charge is 0.253 e. The number of piperazine rings is 1. The predicted octanol–water partition coefficient (Wildman–Crippen LogP) is 2.92. The molecule has 1 aliphatic heterocycles. The number of carbonyl (C=O) groups is 2. The van der Waals surface area contributed by atoms with E-state index in [1.165, 1.54) is 17.7 Å². The Hall–Kier alpha value is -2.71. The fourth-order valence-electron chi connectivity index (χ4n) is 3.55. The molecule has 2 aromatic rings. The Bertz CT molecular complexity index is 1040. The monoisotopic (exact) mass is 457 g/mol. The lowest BCUT2D eigenvalue weighted by Gasteiger charge is -2.35. The molecule has 1 N–H and O–H groups in total. The molecule has 0 saturated carbocycles. The summed E-state index contributed by atoms with van der Waals surface area (Å²) in [5.74, 6) is -0.189. The zero-order valence-electron chi connectivity index (χ0n) is 18.9. The molecule has 8 heteroatoms. The van der Waals surface area contributed by atoms with Crippen molar-refractivity contribution in [1.29, 1.82) is 0 Å². The standard InChI is InChI=1S/C24H31N3O4S/c1-4-18(3)25-32(30,31)22-12-10-21(11-13-22)24(29)27-16-14-26(15-17-27)23(28)20-8-6-19(5-2)7-9-20/h6-13,18,25H,4-5,14-17H2,1-3H3. The van der Waals surface area contributed by atoms with Crippen LogP contribution < -0.4 is 4.72 Å². The number of sulfonamides is 1. The SMILES string of the molecule is CCc1ccc(C(=O)N2CCN(C(=O)c3ccc(S(=O)(=O)NC(C)CC)cc3)CC2)cc1. The van der Waals surface area contributed by atoms with Gasteiger partial charge in [-0.1, -0.05) is 26.0 Å². The number of benzene rings is 2. The van der Waals surface area contributed by atoms with E-state index in [9.17, 15) is 18.0 Å². The molecule has 2 amide bonds. The highest BCUT2D eigenvalue weighted by molar-refractivity contribution is 7.89. The van der Waals surface area contributed by atoms with E-state index in [2.05, 4.69) is 11.6 Å². The normalized spacial score (nSPS) is 15.5. The van der Waals surface area contributed by atoms with E-state index in [-0.39, 0.29) is 22.8 Å². The lowest BCUT2D eigenvalue weighted by atomic mass is 10.1. The highest BCUT2D eigenvalue weighted by Gasteiger charge is 2.26. The molecule has 172 valence electrons. The summed E-state index contributed by atoms with van der Waals surface area (Å²) < 4.78 is 27.4. The maximum Gasteiger partial charge on any atom is 0.253 e. The van der Waals surface area contributed by atoms with Gasteiger partial charge in [0, 0.05) is 43.3 Å². The van der Waals surface area contributed by atoms with E-state index in [4.69, 9.17) is 0 Å². The fraction of sp³-hybridized carbons (Fsp3) is 0.417. The van der Waals surface area contributed by atoms with Crippen LogP contribution in [-0.4, -0.2) is 62.3 Å². The third kappa shape index (κ3) is 5.55. The molecular formula is C24H31N3O4S. The quantitative estimate of drug-likeness (QED) is 0.693. The summed E-state index contributed by atoms with van der Waals surface area (Å²) in [5, 5.41) is 0. The Morgan fingerprint density at radius 1 is 0.844 bits per heavy atom. The summed E-state index contributed by atoms with van der Waals surface area (Å²) in [5.41, 5.74) is 2.28. The summed E-state index contributed by atoms with van der Waals surface area (Å²) in [4.78, 5) is 29.2. The Morgan fingerprint density at radius 2 is 1.28 bits per heavy atom. The van der Waals surface area contributed by atoms with Crippen LogP contribution in [0.1, 0.15) is 53.5 Å². The van der Waals surface area contributed by atoms with Gasteiger partial charge < -0.3 is 9.80 Å². The number of rotatable bonds is 7. The minimum atomic E-state index is -3.61. The second-order valence-corrected chi connectivity index (χ2v) is 9.80. The van der Waals surface area contributed by atoms with Crippen LogP contribution in [0.3, 0.4) is 0 Å². The average Bonchev–Trinajstić information content (AvgIpc) is 2.83. The van der Waals surface area contributed by atoms with Gasteiger partial charge in [0.05, 0.1) is 4.90 Å². The summed E-state index contributed by atoms with van der Waals surface area (Å²) in [6.07, 6.45) is 1.62. The highest BCUT2D eigenvalue weighted by atomic mass is 32.2. The van der Waals surface area contributed by atoms with Crippen molar-refractivity contribution in [2.45, 2.75) is 44.6 Å². The molecule has 0 bridgehead atoms. The lowest BCUT2D eigenvalue weighted by Crippen LogP contribution is -2.50. The first kappa shape index (κ1) is 23.9. The van der Waals surface area contributed by atoms with Gasteiger partial charge in [0.25, 0.3) is 11.8 Å². The van der Waals surface area contributed by atoms with Crippen LogP contribution >= 0.6 is 0 Å². The number of hydrogen-bond acceptors (Lipinski definition) is 4. The Labute approximate surface area is 190 Å². The van der Waals surface area contributed by atoms with Gasteiger partial charge in [0.1, 0.15) is 0 Å². The van der Waals surface area contributed by atoms with Gasteiger partial charge in [0.15, 0.2) is 0 Å². The zero-order chi connectivity index (χ0) is 23.3. The predicted molar refractivity (Wildman–Crippen MR) is 124 cm³/mol. The molecule has 3 rings (SSSR count). The zero-order valence-corrected chi connectivity index (χ0v) is 19.7. The molecule has 1 aliphatic rings. The van der Waals surface area contributed by atoms with E-state index in [1.807, 2.05) is 31.2 Å². The van der Waals surface area contributed by atoms with Crippen LogP contribution in [0.5, 0.6) is 0 Å². The van der Waals surface area contributed by atoms with E-state index >= 15 is 0 Å². The number of carbonyl (C=O) groups excluding carboxylic acids is 2. The van der Waals surface area contributed by atoms with Crippen LogP contribution in [0.15, 0.2) is 53.4 Å². The van der Waals surface area contributed by atoms with Gasteiger partial charge in [-0.15, -0.1) is 0 Å². The number of amides is 2. The molecule has 2 aromatic carbocycles. The minimum Gasteiger partial charge on any atom is -0.335 e. The summed E-state index contributed by atoms with van der Waals surface area (Å²) in [6, 6.07) is 13.5. The highest BCUT2D eigenvalue weighted by Crippen LogP contribution is 2.16. The van der Waals surface area contributed by atoms with Crippen molar-refractivity contribution in [2.24, 2.45) is 0 Å². The third-order valence-electron chi connectivity index (χ3n) is 5.84. The first-order valence-electron chi connectivity index (χ1n) is 11.0. The molecule has 7 nitrogen and oxygen atoms in total. The Kier molecular flexibility index (Phi) is 7.69. The van der Waals surface area contributed by atoms with Gasteiger partial charge in [-0.3, -0.25) is 9.59 Å². The van der Waals surface area contributed by atoms with Crippen LogP contribution in [0.25, 0.3) is 0 Å². The topological polar surface area (TPSA) is 86.8 Å². The van der Waals surface area contributed by atoms with Gasteiger partial charge in [-0.05, 0) is 61.7 Å². The Balaban J connectivity index is 1.59. The molecule has 1 atom stereocenters. The number of hydrogen-bond donors (Lipinski definition) is 1. The molecule has 1 saturated heterocycles. The van der Waals surface area contributed by atoms with E-state index in [0.29, 0.717) is 43.7 Å². The fourth-order valence-corrected chi connectivity index (χ4v) is 4.88. The summed E-state index contributed by atoms with van der Waals surface area (Å²) in [7, 11) is -3.61. The van der Waals surface area contributed by atoms with Crippen molar-refractivity contribution in [1.82, 2.24) is 14.5 Å². The molecule has 0 radical (unpaired) electrons. The minimum absolute atomic E-state index is 0.0249. The first-order valence-corrected chi connectivity index (χ1v) is 12.5. The van der Waals surface area contributed by atoms with Crippen molar-refractivity contribution in [3.05, 3.63) is 65.2 Å². The second kappa shape index (κ2) is 10.3. The molecule has 1 heterocycles. The van der Waals surface area contributed by atoms with E-state index in [0.717, 1.165) is 6.42 Å². The molecule has 0 spiro atoms. The maximum absolute atomic E-state index is 12.9. The van der Waals surface area contributed by atoms with Crippen molar-refractivity contribution in [3.8, 4) is 0 Å². The van der Waals surface area contributed by atoms with Gasteiger partial charge in [0.2, 0.25) is 10.0 Å². The molecule has 32 heavy (non-hydrogen) atoms. The number of nitrogens with zero attached hydrogens (tertiary/aromatic N) is 2. The van der Waals surface area contributed by atoms with Crippen molar-refractivity contribution >= 4 is 21.8 Å². The Morgan fingerprint density at radius 3 is 1.69 bits per heavy atom. The number of aryl methyl sites for hydroxylation is 1. The van der Waals surface area contributed by atoms with Crippen molar-refractivity contribution in [2.75, 3.05) is 26.2 Å². The van der Waals surface area contributed by atoms with Crippen molar-refractivity contribution in [3.63, 3.8) is 0 Å². The van der Waals surface area contributed by atoms with Crippen LogP contribution in [0, 0.1) is 0 Å². The van der Waals surface area contributed by atoms with Gasteiger partial charge in [-0.25, -0.2) is 13.1 Å². The molecule has 1 fully saturated rings. The molecular weight excluding hydrogens is 426 g/mol. The molecule has 1 unspecified atom stereocenters. The summed E-state index contributed by atoms with van der Waals surface area (Å²) >= 11 is 0. The largest absolute Gasteiger partial charge is 0.335 e. The van der Waals surface area contributed by atoms with E-state index in [1.54, 1.807) is 28.9 Å². The van der Waals surface area contributed by atoms with Crippen LogP contribution in [0.2, 0.25) is 0 Å². The molecule has 0 aliphatic carbocycles. The maximum atomic E-state index is 12.9. The second-order valence-electron chi connectivity index (χ2n) is 8.09. The average molecular weight is 458 g/mol. The van der Waals surface area contributed by atoms with Gasteiger partial charge in [-0.2, -0.15) is 0 Å². The van der Waals surface area contributed by atoms with Crippen LogP contribution in [0.4, 0.5) is 0 Å². The van der Waals surface area contributed by atoms with Gasteiger partial charge >= 0.3 is 0 Å².